The minimum Gasteiger partial charge on any atom is -0.379 e. The van der Waals surface area contributed by atoms with E-state index in [1.54, 1.807) is 6.92 Å². The van der Waals surface area contributed by atoms with Gasteiger partial charge in [-0.1, -0.05) is 0 Å². The molecule has 7 nitrogen and oxygen atoms in total. The lowest BCUT2D eigenvalue weighted by atomic mass is 10.2. The van der Waals surface area contributed by atoms with Crippen LogP contribution in [0.15, 0.2) is 18.2 Å². The van der Waals surface area contributed by atoms with E-state index >= 15 is 0 Å². The summed E-state index contributed by atoms with van der Waals surface area (Å²) in [7, 11) is 0. The van der Waals surface area contributed by atoms with Crippen molar-refractivity contribution in [3.05, 3.63) is 38.4 Å². The molecule has 0 aliphatic rings. The highest BCUT2D eigenvalue weighted by Crippen LogP contribution is 2.28. The molecule has 1 N–H and O–H groups in total. The van der Waals surface area contributed by atoms with Gasteiger partial charge in [0.15, 0.2) is 0 Å². The second kappa shape index (κ2) is 6.20. The van der Waals surface area contributed by atoms with Gasteiger partial charge < -0.3 is 5.32 Å². The first-order chi connectivity index (χ1) is 8.56. The summed E-state index contributed by atoms with van der Waals surface area (Å²) in [6.45, 7) is 2.15. The van der Waals surface area contributed by atoms with Crippen LogP contribution in [0.2, 0.25) is 0 Å². The summed E-state index contributed by atoms with van der Waals surface area (Å²) in [6, 6.07) is 3.49. The molecule has 0 atom stereocenters. The maximum Gasteiger partial charge on any atom is 0.299 e. The Kier molecular flexibility index (Phi) is 4.63. The summed E-state index contributed by atoms with van der Waals surface area (Å²) >= 11 is 0. The van der Waals surface area contributed by atoms with E-state index in [-0.39, 0.29) is 17.1 Å². The Morgan fingerprint density at radius 2 is 2.00 bits per heavy atom. The van der Waals surface area contributed by atoms with Gasteiger partial charge in [0.05, 0.1) is 15.9 Å². The zero-order chi connectivity index (χ0) is 13.5. The fourth-order valence-corrected chi connectivity index (χ4v) is 1.32. The minimum absolute atomic E-state index is 0.253. The van der Waals surface area contributed by atoms with Crippen molar-refractivity contribution in [2.24, 2.45) is 0 Å². The van der Waals surface area contributed by atoms with Crippen molar-refractivity contribution >= 4 is 17.1 Å². The molecule has 0 aliphatic carbocycles. The van der Waals surface area contributed by atoms with Gasteiger partial charge in [-0.05, 0) is 13.0 Å². The molecular weight excluding hydrogens is 238 g/mol. The molecule has 0 saturated heterocycles. The fraction of sp³-hybridized carbons (Fsp3) is 0.273. The monoisotopic (exact) mass is 249 g/mol. The Balaban J connectivity index is 2.92. The van der Waals surface area contributed by atoms with E-state index in [2.05, 4.69) is 17.2 Å². The zero-order valence-electron chi connectivity index (χ0n) is 9.67. The highest BCUT2D eigenvalue weighted by atomic mass is 16.6. The van der Waals surface area contributed by atoms with Crippen molar-refractivity contribution in [3.8, 4) is 11.8 Å². The molecule has 0 heterocycles. The number of nitro groups is 2. The van der Waals surface area contributed by atoms with E-state index in [0.717, 1.165) is 6.07 Å². The molecule has 1 rings (SSSR count). The van der Waals surface area contributed by atoms with Gasteiger partial charge in [0, 0.05) is 19.0 Å². The van der Waals surface area contributed by atoms with Gasteiger partial charge >= 0.3 is 0 Å². The largest absolute Gasteiger partial charge is 0.379 e. The average Bonchev–Trinajstić information content (AvgIpc) is 2.34. The Labute approximate surface area is 103 Å². The SMILES string of the molecule is CC#CCCNc1ccc([N+](=O)[O-])cc1[N+](=O)[O-]. The number of benzene rings is 1. The van der Waals surface area contributed by atoms with E-state index in [0.29, 0.717) is 13.0 Å². The van der Waals surface area contributed by atoms with Crippen LogP contribution in [0.5, 0.6) is 0 Å². The molecule has 1 aromatic carbocycles. The smallest absolute Gasteiger partial charge is 0.299 e. The molecule has 7 heteroatoms. The first kappa shape index (κ1) is 13.4. The molecule has 0 unspecified atom stereocenters. The molecule has 0 radical (unpaired) electrons. The summed E-state index contributed by atoms with van der Waals surface area (Å²) < 4.78 is 0. The predicted octanol–water partition coefficient (Wildman–Crippen LogP) is 2.33. The van der Waals surface area contributed by atoms with Gasteiger partial charge in [-0.15, -0.1) is 11.8 Å². The van der Waals surface area contributed by atoms with Crippen LogP contribution in [0.4, 0.5) is 17.1 Å². The Bertz CT molecular complexity index is 531. The first-order valence-corrected chi connectivity index (χ1v) is 5.12. The van der Waals surface area contributed by atoms with E-state index in [4.69, 9.17) is 0 Å². The number of nitro benzene ring substituents is 2. The maximum absolute atomic E-state index is 10.8. The van der Waals surface area contributed by atoms with Gasteiger partial charge in [-0.25, -0.2) is 0 Å². The van der Waals surface area contributed by atoms with Gasteiger partial charge in [0.2, 0.25) is 0 Å². The summed E-state index contributed by atoms with van der Waals surface area (Å²) in [5.41, 5.74) is -0.363. The molecule has 94 valence electrons. The summed E-state index contributed by atoms with van der Waals surface area (Å²) in [5, 5.41) is 24.2. The number of anilines is 1. The van der Waals surface area contributed by atoms with Crippen molar-refractivity contribution in [1.29, 1.82) is 0 Å². The molecule has 1 aromatic rings. The molecule has 0 aromatic heterocycles. The molecule has 0 aliphatic heterocycles. The van der Waals surface area contributed by atoms with Gasteiger partial charge in [-0.2, -0.15) is 0 Å². The number of hydrogen-bond donors (Lipinski definition) is 1. The third kappa shape index (κ3) is 3.45. The Morgan fingerprint density at radius 1 is 1.28 bits per heavy atom. The van der Waals surface area contributed by atoms with Crippen molar-refractivity contribution in [3.63, 3.8) is 0 Å². The molecule has 0 bridgehead atoms. The summed E-state index contributed by atoms with van der Waals surface area (Å²) in [5.74, 6) is 5.51. The lowest BCUT2D eigenvalue weighted by Gasteiger charge is -2.04. The fourth-order valence-electron chi connectivity index (χ4n) is 1.32. The van der Waals surface area contributed by atoms with Crippen LogP contribution in [0.3, 0.4) is 0 Å². The van der Waals surface area contributed by atoms with E-state index in [1.165, 1.54) is 12.1 Å². The van der Waals surface area contributed by atoms with Crippen molar-refractivity contribution in [2.45, 2.75) is 13.3 Å². The molecule has 0 spiro atoms. The molecule has 0 fully saturated rings. The Morgan fingerprint density at radius 3 is 2.56 bits per heavy atom. The van der Waals surface area contributed by atoms with Crippen LogP contribution in [0, 0.1) is 32.1 Å². The van der Waals surface area contributed by atoms with E-state index in [9.17, 15) is 20.2 Å². The van der Waals surface area contributed by atoms with Gasteiger partial charge in [-0.3, -0.25) is 20.2 Å². The minimum atomic E-state index is -0.667. The second-order valence-electron chi connectivity index (χ2n) is 3.32. The van der Waals surface area contributed by atoms with Crippen LogP contribution < -0.4 is 5.32 Å². The average molecular weight is 249 g/mol. The number of non-ortho nitro benzene ring substituents is 1. The molecule has 0 amide bonds. The van der Waals surface area contributed by atoms with Crippen LogP contribution in [0.1, 0.15) is 13.3 Å². The quantitative estimate of drug-likeness (QED) is 0.373. The number of rotatable bonds is 5. The maximum atomic E-state index is 10.8. The normalized spacial score (nSPS) is 9.17. The highest BCUT2D eigenvalue weighted by Gasteiger charge is 2.18. The van der Waals surface area contributed by atoms with Crippen LogP contribution in [-0.2, 0) is 0 Å². The van der Waals surface area contributed by atoms with Crippen LogP contribution >= 0.6 is 0 Å². The summed E-state index contributed by atoms with van der Waals surface area (Å²) in [4.78, 5) is 20.0. The predicted molar refractivity (Wildman–Crippen MR) is 66.3 cm³/mol. The Hall–Kier alpha value is -2.62. The van der Waals surface area contributed by atoms with Crippen molar-refractivity contribution in [1.82, 2.24) is 0 Å². The van der Waals surface area contributed by atoms with E-state index in [1.807, 2.05) is 0 Å². The number of hydrogen-bond acceptors (Lipinski definition) is 5. The van der Waals surface area contributed by atoms with Gasteiger partial charge in [0.1, 0.15) is 5.69 Å². The van der Waals surface area contributed by atoms with Crippen molar-refractivity contribution < 1.29 is 9.85 Å². The highest BCUT2D eigenvalue weighted by molar-refractivity contribution is 5.65. The van der Waals surface area contributed by atoms with Crippen molar-refractivity contribution in [2.75, 3.05) is 11.9 Å². The number of nitrogens with zero attached hydrogens (tertiary/aromatic N) is 2. The second-order valence-corrected chi connectivity index (χ2v) is 3.32. The molecular formula is C11H11N3O4. The van der Waals surface area contributed by atoms with Crippen LogP contribution in [0.25, 0.3) is 0 Å². The third-order valence-electron chi connectivity index (χ3n) is 2.13. The zero-order valence-corrected chi connectivity index (χ0v) is 9.67. The van der Waals surface area contributed by atoms with Crippen LogP contribution in [-0.4, -0.2) is 16.4 Å². The molecule has 18 heavy (non-hydrogen) atoms. The third-order valence-corrected chi connectivity index (χ3v) is 2.13. The standard InChI is InChI=1S/C11H11N3O4/c1-2-3-4-7-12-10-6-5-9(13(15)16)8-11(10)14(17)18/h5-6,8,12H,4,7H2,1H3. The first-order valence-electron chi connectivity index (χ1n) is 5.12. The summed E-state index contributed by atoms with van der Waals surface area (Å²) in [6.07, 6.45) is 0.546. The van der Waals surface area contributed by atoms with E-state index < -0.39 is 9.85 Å². The lowest BCUT2D eigenvalue weighted by molar-refractivity contribution is -0.393. The number of nitrogens with one attached hydrogen (secondary N) is 1. The topological polar surface area (TPSA) is 98.3 Å². The van der Waals surface area contributed by atoms with Gasteiger partial charge in [0.25, 0.3) is 11.4 Å². The lowest BCUT2D eigenvalue weighted by Crippen LogP contribution is -2.04. The molecule has 0 saturated carbocycles.